The molecule has 0 heterocycles. The van der Waals surface area contributed by atoms with Gasteiger partial charge in [-0.15, -0.1) is 0 Å². The fourth-order valence-corrected chi connectivity index (χ4v) is 2.32. The Hall–Kier alpha value is -1.51. The number of benzene rings is 2. The molecule has 0 N–H and O–H groups in total. The maximum absolute atomic E-state index is 12.4. The van der Waals surface area contributed by atoms with Gasteiger partial charge in [0.05, 0.1) is 12.1 Å². The Morgan fingerprint density at radius 3 is 2.42 bits per heavy atom. The number of hydrogen-bond acceptors (Lipinski definition) is 2. The molecule has 0 amide bonds. The summed E-state index contributed by atoms with van der Waals surface area (Å²) in [5, 5.41) is 1.02. The third-order valence-corrected chi connectivity index (χ3v) is 3.25. The van der Waals surface area contributed by atoms with E-state index in [9.17, 15) is 4.79 Å². The highest BCUT2D eigenvalue weighted by atomic mass is 35.5. The van der Waals surface area contributed by atoms with E-state index in [0.29, 0.717) is 26.9 Å². The molecule has 0 saturated carbocycles. The van der Waals surface area contributed by atoms with Gasteiger partial charge in [0.1, 0.15) is 5.75 Å². The second-order valence-electron chi connectivity index (χ2n) is 4.20. The Kier molecular flexibility index (Phi) is 4.13. The molecule has 0 bridgehead atoms. The lowest BCUT2D eigenvalue weighted by molar-refractivity contribution is 0.103. The first kappa shape index (κ1) is 13.9. The Morgan fingerprint density at radius 2 is 1.79 bits per heavy atom. The Labute approximate surface area is 121 Å². The Bertz CT molecular complexity index is 616. The first-order valence-corrected chi connectivity index (χ1v) is 6.42. The van der Waals surface area contributed by atoms with Crippen LogP contribution in [0.5, 0.6) is 5.75 Å². The predicted molar refractivity (Wildman–Crippen MR) is 77.6 cm³/mol. The van der Waals surface area contributed by atoms with Crippen LogP contribution in [0.2, 0.25) is 10.0 Å². The van der Waals surface area contributed by atoms with E-state index < -0.39 is 0 Å². The summed E-state index contributed by atoms with van der Waals surface area (Å²) in [5.41, 5.74) is 2.01. The number of aryl methyl sites for hydroxylation is 1. The molecule has 0 aromatic heterocycles. The van der Waals surface area contributed by atoms with Gasteiger partial charge >= 0.3 is 0 Å². The van der Waals surface area contributed by atoms with E-state index in [1.165, 1.54) is 7.11 Å². The summed E-state index contributed by atoms with van der Waals surface area (Å²) in [6.45, 7) is 1.89. The van der Waals surface area contributed by atoms with Crippen molar-refractivity contribution >= 4 is 29.0 Å². The molecule has 0 aliphatic heterocycles. The lowest BCUT2D eigenvalue weighted by Crippen LogP contribution is -2.02. The second kappa shape index (κ2) is 5.64. The third kappa shape index (κ3) is 3.09. The zero-order chi connectivity index (χ0) is 14.0. The van der Waals surface area contributed by atoms with Crippen molar-refractivity contribution in [3.63, 3.8) is 0 Å². The van der Waals surface area contributed by atoms with Gasteiger partial charge in [-0.3, -0.25) is 4.79 Å². The number of carbonyl (C=O) groups is 1. The van der Waals surface area contributed by atoms with Crippen molar-refractivity contribution in [1.29, 1.82) is 0 Å². The number of methoxy groups -OCH3 is 1. The van der Waals surface area contributed by atoms with Gasteiger partial charge in [-0.1, -0.05) is 23.2 Å². The van der Waals surface area contributed by atoms with Gasteiger partial charge in [-0.2, -0.15) is 0 Å². The summed E-state index contributed by atoms with van der Waals surface area (Å²) in [6.07, 6.45) is 0. The van der Waals surface area contributed by atoms with Crippen LogP contribution in [0, 0.1) is 6.92 Å². The van der Waals surface area contributed by atoms with Crippen molar-refractivity contribution < 1.29 is 9.53 Å². The molecule has 0 aliphatic rings. The first-order valence-electron chi connectivity index (χ1n) is 5.66. The van der Waals surface area contributed by atoms with Gasteiger partial charge in [-0.25, -0.2) is 0 Å². The number of ketones is 1. The molecule has 0 saturated heterocycles. The lowest BCUT2D eigenvalue weighted by Gasteiger charge is -2.07. The standard InChI is InChI=1S/C15H12Cl2O2/c1-9-5-11(7-12(16)6-9)15(18)10-3-4-13(17)14(8-10)19-2/h3-8H,1-2H3. The number of halogens is 2. The maximum atomic E-state index is 12.4. The number of ether oxygens (including phenoxy) is 1. The van der Waals surface area contributed by atoms with E-state index in [4.69, 9.17) is 27.9 Å². The highest BCUT2D eigenvalue weighted by molar-refractivity contribution is 6.32. The van der Waals surface area contributed by atoms with Crippen molar-refractivity contribution in [3.8, 4) is 5.75 Å². The van der Waals surface area contributed by atoms with Crippen molar-refractivity contribution in [2.45, 2.75) is 6.92 Å². The fraction of sp³-hybridized carbons (Fsp3) is 0.133. The minimum atomic E-state index is -0.111. The first-order chi connectivity index (χ1) is 9.01. The van der Waals surface area contributed by atoms with E-state index in [1.807, 2.05) is 6.92 Å². The molecular weight excluding hydrogens is 283 g/mol. The summed E-state index contributed by atoms with van der Waals surface area (Å²) in [7, 11) is 1.51. The van der Waals surface area contributed by atoms with Crippen molar-refractivity contribution in [1.82, 2.24) is 0 Å². The molecule has 2 nitrogen and oxygen atoms in total. The van der Waals surface area contributed by atoms with E-state index in [0.717, 1.165) is 5.56 Å². The summed E-state index contributed by atoms with van der Waals surface area (Å²) in [5.74, 6) is 0.367. The van der Waals surface area contributed by atoms with Gasteiger partial charge in [0.15, 0.2) is 5.78 Å². The van der Waals surface area contributed by atoms with Gasteiger partial charge in [0.2, 0.25) is 0 Å². The highest BCUT2D eigenvalue weighted by Gasteiger charge is 2.12. The zero-order valence-corrected chi connectivity index (χ0v) is 12.0. The fourth-order valence-electron chi connectivity index (χ4n) is 1.84. The van der Waals surface area contributed by atoms with Crippen LogP contribution in [-0.2, 0) is 0 Å². The Morgan fingerprint density at radius 1 is 1.05 bits per heavy atom. The van der Waals surface area contributed by atoms with Crippen LogP contribution in [0.15, 0.2) is 36.4 Å². The van der Waals surface area contributed by atoms with Crippen LogP contribution < -0.4 is 4.74 Å². The summed E-state index contributed by atoms with van der Waals surface area (Å²) in [4.78, 5) is 12.4. The SMILES string of the molecule is COc1cc(C(=O)c2cc(C)cc(Cl)c2)ccc1Cl. The summed E-state index contributed by atoms with van der Waals surface area (Å²) >= 11 is 11.9. The van der Waals surface area contributed by atoms with Gasteiger partial charge < -0.3 is 4.74 Å². The Balaban J connectivity index is 2.43. The monoisotopic (exact) mass is 294 g/mol. The molecule has 0 radical (unpaired) electrons. The van der Waals surface area contributed by atoms with Crippen LogP contribution in [0.1, 0.15) is 21.5 Å². The van der Waals surface area contributed by atoms with Crippen LogP contribution in [0.3, 0.4) is 0 Å². The van der Waals surface area contributed by atoms with E-state index in [2.05, 4.69) is 0 Å². The average molecular weight is 295 g/mol. The van der Waals surface area contributed by atoms with Crippen LogP contribution in [0.25, 0.3) is 0 Å². The number of carbonyl (C=O) groups excluding carboxylic acids is 1. The normalized spacial score (nSPS) is 10.3. The molecule has 0 unspecified atom stereocenters. The molecule has 0 atom stereocenters. The molecule has 0 spiro atoms. The van der Waals surface area contributed by atoms with E-state index >= 15 is 0 Å². The van der Waals surface area contributed by atoms with Crippen molar-refractivity contribution in [2.75, 3.05) is 7.11 Å². The number of hydrogen-bond donors (Lipinski definition) is 0. The van der Waals surface area contributed by atoms with Crippen LogP contribution in [-0.4, -0.2) is 12.9 Å². The van der Waals surface area contributed by atoms with Gasteiger partial charge in [0.25, 0.3) is 0 Å². The minimum Gasteiger partial charge on any atom is -0.495 e. The maximum Gasteiger partial charge on any atom is 0.193 e. The highest BCUT2D eigenvalue weighted by Crippen LogP contribution is 2.26. The minimum absolute atomic E-state index is 0.111. The van der Waals surface area contributed by atoms with E-state index in [1.54, 1.807) is 36.4 Å². The molecule has 98 valence electrons. The zero-order valence-electron chi connectivity index (χ0n) is 10.5. The quantitative estimate of drug-likeness (QED) is 0.777. The van der Waals surface area contributed by atoms with Gasteiger partial charge in [0, 0.05) is 16.1 Å². The van der Waals surface area contributed by atoms with Gasteiger partial charge in [-0.05, 0) is 48.9 Å². The molecule has 0 aliphatic carbocycles. The topological polar surface area (TPSA) is 26.3 Å². The van der Waals surface area contributed by atoms with Crippen molar-refractivity contribution in [2.24, 2.45) is 0 Å². The van der Waals surface area contributed by atoms with Crippen LogP contribution in [0.4, 0.5) is 0 Å². The largest absolute Gasteiger partial charge is 0.495 e. The summed E-state index contributed by atoms with van der Waals surface area (Å²) < 4.78 is 5.11. The second-order valence-corrected chi connectivity index (χ2v) is 5.04. The predicted octanol–water partition coefficient (Wildman–Crippen LogP) is 4.54. The molecule has 2 aromatic rings. The molecule has 19 heavy (non-hydrogen) atoms. The average Bonchev–Trinajstić information content (AvgIpc) is 2.37. The smallest absolute Gasteiger partial charge is 0.193 e. The van der Waals surface area contributed by atoms with E-state index in [-0.39, 0.29) is 5.78 Å². The number of rotatable bonds is 3. The van der Waals surface area contributed by atoms with Crippen molar-refractivity contribution in [3.05, 3.63) is 63.1 Å². The lowest BCUT2D eigenvalue weighted by atomic mass is 10.0. The molecule has 4 heteroatoms. The molecular formula is C15H12Cl2O2. The molecule has 0 fully saturated rings. The molecule has 2 rings (SSSR count). The van der Waals surface area contributed by atoms with Crippen LogP contribution >= 0.6 is 23.2 Å². The third-order valence-electron chi connectivity index (χ3n) is 2.72. The molecule has 2 aromatic carbocycles. The summed E-state index contributed by atoms with van der Waals surface area (Å²) in [6, 6.07) is 10.2.